The lowest BCUT2D eigenvalue weighted by atomic mass is 9.70. The normalized spacial score (nSPS) is 13.6. The van der Waals surface area contributed by atoms with Gasteiger partial charge in [0.1, 0.15) is 0 Å². The van der Waals surface area contributed by atoms with Gasteiger partial charge >= 0.3 is 0 Å². The molecule has 9 rings (SSSR count). The van der Waals surface area contributed by atoms with Gasteiger partial charge in [-0.25, -0.2) is 0 Å². The molecule has 0 aliphatic heterocycles. The highest BCUT2D eigenvalue weighted by Gasteiger charge is 2.41. The lowest BCUT2D eigenvalue weighted by molar-refractivity contribution is 0.398. The molecule has 3 aliphatic rings. The SMILES string of the molecule is CCCCCCCCC1(CCCCCCCC)c2ccccc2-c2ccccc21.c1ccc2c(c1)C(=C1c3ccccc3-c3ccccc31)c1ccccc1-2. The van der Waals surface area contributed by atoms with Gasteiger partial charge in [0.2, 0.25) is 0 Å². The molecule has 0 aromatic heterocycles. The molecule has 0 saturated carbocycles. The molecule has 0 nitrogen and oxygen atoms in total. The minimum Gasteiger partial charge on any atom is -0.0654 e. The topological polar surface area (TPSA) is 0 Å². The number of rotatable bonds is 14. The maximum Gasteiger partial charge on any atom is 0.0215 e. The second-order valence-corrected chi connectivity index (χ2v) is 16.1. The standard InChI is InChI=1S/C29H42.C26H16/c1-3-5-7-9-11-17-23-29(24-18-12-10-8-6-4-2)27-21-15-13-19-25(27)26-20-14-16-22-28(26)29;1-5-13-21-17(9-1)18-10-2-6-14-22(18)25(21)26-23-15-7-3-11-19(23)20-12-4-8-16-24(20)26/h13-16,19-22H,3-12,17-18,23-24H2,1-2H3;1-16H. The first-order valence-electron chi connectivity index (χ1n) is 21.6. The fourth-order valence-corrected chi connectivity index (χ4v) is 10.1. The zero-order chi connectivity index (χ0) is 37.5. The van der Waals surface area contributed by atoms with E-state index in [2.05, 4.69) is 159 Å². The first kappa shape index (κ1) is 37.0. The summed E-state index contributed by atoms with van der Waals surface area (Å²) in [5.41, 5.74) is 20.0. The summed E-state index contributed by atoms with van der Waals surface area (Å²) in [6, 6.07) is 53.8. The molecule has 0 N–H and O–H groups in total. The van der Waals surface area contributed by atoms with Gasteiger partial charge in [-0.2, -0.15) is 0 Å². The van der Waals surface area contributed by atoms with Crippen LogP contribution in [0.25, 0.3) is 44.5 Å². The van der Waals surface area contributed by atoms with Gasteiger partial charge in [0, 0.05) is 5.41 Å². The van der Waals surface area contributed by atoms with E-state index >= 15 is 0 Å². The summed E-state index contributed by atoms with van der Waals surface area (Å²) < 4.78 is 0. The van der Waals surface area contributed by atoms with Crippen LogP contribution in [0.2, 0.25) is 0 Å². The smallest absolute Gasteiger partial charge is 0.0215 e. The molecular formula is C55H58. The van der Waals surface area contributed by atoms with Gasteiger partial charge in [0.25, 0.3) is 0 Å². The summed E-state index contributed by atoms with van der Waals surface area (Å²) in [4.78, 5) is 0. The first-order chi connectivity index (χ1) is 27.3. The van der Waals surface area contributed by atoms with Crippen molar-refractivity contribution < 1.29 is 0 Å². The molecule has 0 radical (unpaired) electrons. The molecule has 55 heavy (non-hydrogen) atoms. The van der Waals surface area contributed by atoms with E-state index in [4.69, 9.17) is 0 Å². The van der Waals surface area contributed by atoms with E-state index in [-0.39, 0.29) is 5.41 Å². The van der Waals surface area contributed by atoms with Gasteiger partial charge in [-0.1, -0.05) is 236 Å². The van der Waals surface area contributed by atoms with Gasteiger partial charge in [0.15, 0.2) is 0 Å². The van der Waals surface area contributed by atoms with E-state index < -0.39 is 0 Å². The Bertz CT molecular complexity index is 2010. The van der Waals surface area contributed by atoms with Gasteiger partial charge in [-0.3, -0.25) is 0 Å². The molecule has 0 bridgehead atoms. The predicted octanol–water partition coefficient (Wildman–Crippen LogP) is 16.1. The monoisotopic (exact) mass is 718 g/mol. The molecule has 0 amide bonds. The molecule has 278 valence electrons. The van der Waals surface area contributed by atoms with Crippen LogP contribution in [-0.4, -0.2) is 0 Å². The number of fused-ring (bicyclic) bond motifs is 9. The number of hydrogen-bond donors (Lipinski definition) is 0. The largest absolute Gasteiger partial charge is 0.0654 e. The van der Waals surface area contributed by atoms with Crippen LogP contribution in [0.15, 0.2) is 146 Å². The van der Waals surface area contributed by atoms with Crippen molar-refractivity contribution in [1.29, 1.82) is 0 Å². The highest BCUT2D eigenvalue weighted by molar-refractivity contribution is 6.18. The van der Waals surface area contributed by atoms with Crippen molar-refractivity contribution in [2.75, 3.05) is 0 Å². The van der Waals surface area contributed by atoms with Gasteiger partial charge in [0.05, 0.1) is 0 Å². The molecule has 3 aliphatic carbocycles. The third-order valence-electron chi connectivity index (χ3n) is 12.7. The molecule has 0 spiro atoms. The Balaban J connectivity index is 0.000000156. The molecule has 0 saturated heterocycles. The van der Waals surface area contributed by atoms with Crippen molar-refractivity contribution >= 4 is 11.1 Å². The highest BCUT2D eigenvalue weighted by Crippen LogP contribution is 2.55. The lowest BCUT2D eigenvalue weighted by Crippen LogP contribution is -2.25. The molecule has 0 atom stereocenters. The average molecular weight is 719 g/mol. The van der Waals surface area contributed by atoms with Crippen molar-refractivity contribution in [2.24, 2.45) is 0 Å². The zero-order valence-corrected chi connectivity index (χ0v) is 33.3. The molecule has 0 unspecified atom stereocenters. The minimum absolute atomic E-state index is 0.253. The van der Waals surface area contributed by atoms with E-state index in [0.717, 1.165) is 0 Å². The van der Waals surface area contributed by atoms with E-state index in [1.807, 2.05) is 0 Å². The first-order valence-corrected chi connectivity index (χ1v) is 21.6. The van der Waals surface area contributed by atoms with Gasteiger partial charge in [-0.15, -0.1) is 0 Å². The fourth-order valence-electron chi connectivity index (χ4n) is 10.1. The van der Waals surface area contributed by atoms with E-state index in [9.17, 15) is 0 Å². The van der Waals surface area contributed by atoms with Crippen molar-refractivity contribution in [2.45, 2.75) is 109 Å². The predicted molar refractivity (Wildman–Crippen MR) is 237 cm³/mol. The van der Waals surface area contributed by atoms with Crippen LogP contribution >= 0.6 is 0 Å². The maximum atomic E-state index is 2.43. The van der Waals surface area contributed by atoms with Crippen molar-refractivity contribution in [1.82, 2.24) is 0 Å². The third kappa shape index (κ3) is 7.17. The number of unbranched alkanes of at least 4 members (excludes halogenated alkanes) is 10. The van der Waals surface area contributed by atoms with Gasteiger partial charge < -0.3 is 0 Å². The average Bonchev–Trinajstić information content (AvgIpc) is 3.85. The maximum absolute atomic E-state index is 2.43. The summed E-state index contributed by atoms with van der Waals surface area (Å²) in [6.07, 6.45) is 19.3. The molecular weight excluding hydrogens is 661 g/mol. The molecule has 0 heteroatoms. The van der Waals surface area contributed by atoms with E-state index in [1.165, 1.54) is 157 Å². The van der Waals surface area contributed by atoms with Crippen molar-refractivity contribution in [3.8, 4) is 33.4 Å². The number of benzene rings is 6. The molecule has 6 aromatic rings. The van der Waals surface area contributed by atoms with Crippen LogP contribution in [0.5, 0.6) is 0 Å². The van der Waals surface area contributed by atoms with Gasteiger partial charge in [-0.05, 0) is 90.7 Å². The highest BCUT2D eigenvalue weighted by atomic mass is 14.4. The summed E-state index contributed by atoms with van der Waals surface area (Å²) in [7, 11) is 0. The van der Waals surface area contributed by atoms with Crippen LogP contribution in [0.1, 0.15) is 137 Å². The second kappa shape index (κ2) is 17.2. The summed E-state index contributed by atoms with van der Waals surface area (Å²) >= 11 is 0. The molecule has 6 aromatic carbocycles. The van der Waals surface area contributed by atoms with E-state index in [0.29, 0.717) is 0 Å². The fraction of sp³-hybridized carbons (Fsp3) is 0.309. The Morgan fingerprint density at radius 1 is 0.273 bits per heavy atom. The summed E-state index contributed by atoms with van der Waals surface area (Å²) in [5, 5.41) is 0. The Labute approximate surface area is 331 Å². The third-order valence-corrected chi connectivity index (χ3v) is 12.7. The molecule has 0 fully saturated rings. The second-order valence-electron chi connectivity index (χ2n) is 16.1. The van der Waals surface area contributed by atoms with Crippen molar-refractivity contribution in [3.63, 3.8) is 0 Å². The summed E-state index contributed by atoms with van der Waals surface area (Å²) in [6.45, 7) is 4.61. The Hall–Kier alpha value is -4.94. The van der Waals surface area contributed by atoms with Crippen molar-refractivity contribution in [3.05, 3.63) is 179 Å². The van der Waals surface area contributed by atoms with Crippen LogP contribution in [0.3, 0.4) is 0 Å². The Morgan fingerprint density at radius 2 is 0.527 bits per heavy atom. The summed E-state index contributed by atoms with van der Waals surface area (Å²) in [5.74, 6) is 0. The number of hydrogen-bond acceptors (Lipinski definition) is 0. The zero-order valence-electron chi connectivity index (χ0n) is 33.3. The van der Waals surface area contributed by atoms with Crippen LogP contribution < -0.4 is 0 Å². The Morgan fingerprint density at radius 3 is 0.855 bits per heavy atom. The Kier molecular flexibility index (Phi) is 11.6. The lowest BCUT2D eigenvalue weighted by Gasteiger charge is -2.33. The quantitative estimate of drug-likeness (QED) is 0.0982. The van der Waals surface area contributed by atoms with Crippen LogP contribution in [0.4, 0.5) is 0 Å². The van der Waals surface area contributed by atoms with Crippen LogP contribution in [-0.2, 0) is 5.41 Å². The van der Waals surface area contributed by atoms with Crippen LogP contribution in [0, 0.1) is 0 Å². The minimum atomic E-state index is 0.253. The van der Waals surface area contributed by atoms with E-state index in [1.54, 1.807) is 11.1 Å². The molecule has 0 heterocycles.